The van der Waals surface area contributed by atoms with Gasteiger partial charge in [-0.15, -0.1) is 0 Å². The molecular formula is C21H40O4. The topological polar surface area (TPSA) is 71.4 Å². The third-order valence-corrected chi connectivity index (χ3v) is 2.98. The summed E-state index contributed by atoms with van der Waals surface area (Å²) in [7, 11) is 0. The highest BCUT2D eigenvalue weighted by Crippen LogP contribution is 2.02. The Kier molecular flexibility index (Phi) is 23.2. The van der Waals surface area contributed by atoms with Gasteiger partial charge in [-0.25, -0.2) is 4.79 Å². The lowest BCUT2D eigenvalue weighted by Crippen LogP contribution is -1.93. The summed E-state index contributed by atoms with van der Waals surface area (Å²) in [6, 6.07) is 0. The first-order valence-corrected chi connectivity index (χ1v) is 8.36. The summed E-state index contributed by atoms with van der Waals surface area (Å²) in [5.41, 5.74) is 1.99. The number of aliphatic carboxylic acids is 1. The highest BCUT2D eigenvalue weighted by atomic mass is 16.4. The molecule has 0 aliphatic heterocycles. The van der Waals surface area contributed by atoms with Crippen molar-refractivity contribution >= 4 is 17.5 Å². The van der Waals surface area contributed by atoms with Crippen LogP contribution in [0.25, 0.3) is 0 Å². The molecule has 0 rings (SSSR count). The first-order chi connectivity index (χ1) is 10.8. The normalized spacial score (nSPS) is 9.40. The van der Waals surface area contributed by atoms with Crippen molar-refractivity contribution in [1.82, 2.24) is 0 Å². The zero-order valence-electron chi connectivity index (χ0n) is 16.9. The fourth-order valence-corrected chi connectivity index (χ4v) is 1.12. The molecule has 0 saturated heterocycles. The molecule has 1 N–H and O–H groups in total. The number of hydrogen-bond donors (Lipinski definition) is 1. The molecule has 0 aliphatic rings. The van der Waals surface area contributed by atoms with Gasteiger partial charge in [-0.2, -0.15) is 0 Å². The molecule has 148 valence electrons. The minimum absolute atomic E-state index is 0. The number of allylic oxidation sites excluding steroid dienone is 3. The average Bonchev–Trinajstić information content (AvgIpc) is 2.43. The Labute approximate surface area is 155 Å². The molecule has 0 heterocycles. The van der Waals surface area contributed by atoms with Gasteiger partial charge in [-0.1, -0.05) is 46.8 Å². The van der Waals surface area contributed by atoms with E-state index in [4.69, 9.17) is 5.11 Å². The molecule has 0 atom stereocenters. The fraction of sp³-hybridized carbons (Fsp3) is 0.667. The van der Waals surface area contributed by atoms with Gasteiger partial charge in [0.1, 0.15) is 5.78 Å². The Morgan fingerprint density at radius 1 is 0.920 bits per heavy atom. The van der Waals surface area contributed by atoms with Crippen LogP contribution in [-0.2, 0) is 14.4 Å². The SMILES string of the molecule is C.CC(=O)C(C)=C(C)C.CC(=O)CCC(C)C.CC(C)/C=C/C(=O)O. The lowest BCUT2D eigenvalue weighted by molar-refractivity contribution is -0.131. The molecule has 0 aromatic carbocycles. The number of Topliss-reactive ketones (excluding diaryl/α,β-unsaturated/α-hetero) is 2. The summed E-state index contributed by atoms with van der Waals surface area (Å²) in [6.07, 6.45) is 4.58. The van der Waals surface area contributed by atoms with Gasteiger partial charge in [0.15, 0.2) is 5.78 Å². The van der Waals surface area contributed by atoms with Crippen LogP contribution in [0.1, 0.15) is 82.6 Å². The first-order valence-electron chi connectivity index (χ1n) is 8.36. The maximum absolute atomic E-state index is 10.5. The number of carboxylic acids is 1. The number of hydrogen-bond acceptors (Lipinski definition) is 3. The summed E-state index contributed by atoms with van der Waals surface area (Å²) in [5, 5.41) is 8.08. The van der Waals surface area contributed by atoms with Gasteiger partial charge in [-0.05, 0) is 58.4 Å². The minimum atomic E-state index is -0.876. The van der Waals surface area contributed by atoms with Gasteiger partial charge >= 0.3 is 5.97 Å². The van der Waals surface area contributed by atoms with Gasteiger partial charge in [-0.3, -0.25) is 4.79 Å². The maximum Gasteiger partial charge on any atom is 0.327 e. The van der Waals surface area contributed by atoms with Crippen LogP contribution in [-0.4, -0.2) is 22.6 Å². The summed E-state index contributed by atoms with van der Waals surface area (Å²) < 4.78 is 0. The summed E-state index contributed by atoms with van der Waals surface area (Å²) in [6.45, 7) is 17.1. The number of rotatable bonds is 6. The van der Waals surface area contributed by atoms with E-state index in [-0.39, 0.29) is 13.2 Å². The van der Waals surface area contributed by atoms with Crippen LogP contribution in [0.4, 0.5) is 0 Å². The molecule has 0 fully saturated rings. The van der Waals surface area contributed by atoms with E-state index in [0.717, 1.165) is 30.1 Å². The van der Waals surface area contributed by atoms with E-state index in [1.54, 1.807) is 19.9 Å². The van der Waals surface area contributed by atoms with Crippen LogP contribution in [0.15, 0.2) is 23.3 Å². The second-order valence-corrected chi connectivity index (χ2v) is 6.76. The fourth-order valence-electron chi connectivity index (χ4n) is 1.12. The molecule has 4 heteroatoms. The van der Waals surface area contributed by atoms with Gasteiger partial charge in [0.25, 0.3) is 0 Å². The Morgan fingerprint density at radius 3 is 1.44 bits per heavy atom. The molecule has 25 heavy (non-hydrogen) atoms. The van der Waals surface area contributed by atoms with E-state index in [9.17, 15) is 14.4 Å². The lowest BCUT2D eigenvalue weighted by Gasteiger charge is -1.98. The predicted octanol–water partition coefficient (Wildman–Crippen LogP) is 5.86. The second kappa shape index (κ2) is 18.6. The van der Waals surface area contributed by atoms with Crippen LogP contribution in [0, 0.1) is 11.8 Å². The Hall–Kier alpha value is -1.71. The van der Waals surface area contributed by atoms with Crippen molar-refractivity contribution in [3.05, 3.63) is 23.3 Å². The Morgan fingerprint density at radius 2 is 1.36 bits per heavy atom. The molecule has 0 unspecified atom stereocenters. The van der Waals surface area contributed by atoms with Crippen molar-refractivity contribution in [3.8, 4) is 0 Å². The summed E-state index contributed by atoms with van der Waals surface area (Å²) >= 11 is 0. The van der Waals surface area contributed by atoms with Crippen molar-refractivity contribution in [2.24, 2.45) is 11.8 Å². The van der Waals surface area contributed by atoms with Crippen molar-refractivity contribution < 1.29 is 19.5 Å². The zero-order valence-corrected chi connectivity index (χ0v) is 16.9. The molecule has 0 aromatic heterocycles. The second-order valence-electron chi connectivity index (χ2n) is 6.76. The van der Waals surface area contributed by atoms with E-state index in [0.29, 0.717) is 17.6 Å². The van der Waals surface area contributed by atoms with Gasteiger partial charge in [0, 0.05) is 12.5 Å². The quantitative estimate of drug-likeness (QED) is 0.605. The Bertz CT molecular complexity index is 437. The molecule has 0 aliphatic carbocycles. The molecule has 0 bridgehead atoms. The molecule has 0 saturated carbocycles. The van der Waals surface area contributed by atoms with Crippen molar-refractivity contribution in [2.45, 2.75) is 82.6 Å². The molecule has 0 spiro atoms. The third kappa shape index (κ3) is 34.6. The van der Waals surface area contributed by atoms with Crippen LogP contribution in [0.5, 0.6) is 0 Å². The molecule has 0 amide bonds. The van der Waals surface area contributed by atoms with E-state index in [2.05, 4.69) is 13.8 Å². The average molecular weight is 357 g/mol. The zero-order chi connectivity index (χ0) is 19.9. The smallest absolute Gasteiger partial charge is 0.327 e. The van der Waals surface area contributed by atoms with Gasteiger partial charge in [0.2, 0.25) is 0 Å². The number of carboxylic acid groups (broad SMARTS) is 1. The van der Waals surface area contributed by atoms with Crippen molar-refractivity contribution in [3.63, 3.8) is 0 Å². The number of carbonyl (C=O) groups excluding carboxylic acids is 2. The predicted molar refractivity (Wildman–Crippen MR) is 108 cm³/mol. The molecule has 0 radical (unpaired) electrons. The van der Waals surface area contributed by atoms with E-state index in [1.807, 2.05) is 34.6 Å². The minimum Gasteiger partial charge on any atom is -0.478 e. The molecular weight excluding hydrogens is 316 g/mol. The van der Waals surface area contributed by atoms with Gasteiger partial charge < -0.3 is 9.90 Å². The standard InChI is InChI=1S/C7H14O.C7H12O.C6H10O2.CH4/c1-6(2)4-5-7(3)8;1-5(2)6(3)7(4)8;1-5(2)3-4-6(7)8;/h6H,4-5H2,1-3H3;1-4H3;3-5H,1-2H3,(H,7,8);1H4/b;;4-3+;. The number of carbonyl (C=O) groups is 3. The maximum atomic E-state index is 10.5. The Balaban J connectivity index is -0.000000130. The molecule has 0 aromatic rings. The van der Waals surface area contributed by atoms with Crippen LogP contribution in [0.2, 0.25) is 0 Å². The van der Waals surface area contributed by atoms with Crippen LogP contribution < -0.4 is 0 Å². The van der Waals surface area contributed by atoms with Crippen LogP contribution in [0.3, 0.4) is 0 Å². The van der Waals surface area contributed by atoms with Gasteiger partial charge in [0.05, 0.1) is 0 Å². The van der Waals surface area contributed by atoms with E-state index >= 15 is 0 Å². The highest BCUT2D eigenvalue weighted by Gasteiger charge is 1.96. The van der Waals surface area contributed by atoms with Crippen LogP contribution >= 0.6 is 0 Å². The summed E-state index contributed by atoms with van der Waals surface area (Å²) in [4.78, 5) is 30.7. The third-order valence-electron chi connectivity index (χ3n) is 2.98. The van der Waals surface area contributed by atoms with E-state index in [1.165, 1.54) is 0 Å². The first kappa shape index (κ1) is 31.1. The molecule has 4 nitrogen and oxygen atoms in total. The van der Waals surface area contributed by atoms with Crippen molar-refractivity contribution in [2.75, 3.05) is 0 Å². The highest BCUT2D eigenvalue weighted by molar-refractivity contribution is 5.93. The monoisotopic (exact) mass is 356 g/mol. The largest absolute Gasteiger partial charge is 0.478 e. The number of ketones is 2. The summed E-state index contributed by atoms with van der Waals surface area (Å²) in [5.74, 6) is 0.590. The lowest BCUT2D eigenvalue weighted by atomic mass is 10.1. The van der Waals surface area contributed by atoms with Crippen molar-refractivity contribution in [1.29, 1.82) is 0 Å². The van der Waals surface area contributed by atoms with E-state index < -0.39 is 5.97 Å².